The summed E-state index contributed by atoms with van der Waals surface area (Å²) in [5, 5.41) is 0. The van der Waals surface area contributed by atoms with Gasteiger partial charge < -0.3 is 9.80 Å². The lowest BCUT2D eigenvalue weighted by Gasteiger charge is -2.34. The third-order valence-electron chi connectivity index (χ3n) is 4.26. The van der Waals surface area contributed by atoms with Gasteiger partial charge in [-0.2, -0.15) is 0 Å². The Balaban J connectivity index is 1.54. The summed E-state index contributed by atoms with van der Waals surface area (Å²) >= 11 is 0. The zero-order valence-electron chi connectivity index (χ0n) is 14.1. The highest BCUT2D eigenvalue weighted by atomic mass is 19.1. The molecule has 0 N–H and O–H groups in total. The summed E-state index contributed by atoms with van der Waals surface area (Å²) in [5.41, 5.74) is 1.17. The van der Waals surface area contributed by atoms with E-state index >= 15 is 0 Å². The Morgan fingerprint density at radius 3 is 1.85 bits per heavy atom. The van der Waals surface area contributed by atoms with E-state index in [0.717, 1.165) is 5.56 Å². The van der Waals surface area contributed by atoms with Gasteiger partial charge in [0, 0.05) is 37.8 Å². The first-order chi connectivity index (χ1) is 12.5. The fourth-order valence-corrected chi connectivity index (χ4v) is 2.75. The summed E-state index contributed by atoms with van der Waals surface area (Å²) in [4.78, 5) is 27.9. The summed E-state index contributed by atoms with van der Waals surface area (Å²) < 4.78 is 25.8. The van der Waals surface area contributed by atoms with Crippen LogP contribution in [0.3, 0.4) is 0 Å². The van der Waals surface area contributed by atoms with Crippen molar-refractivity contribution in [1.29, 1.82) is 0 Å². The van der Waals surface area contributed by atoms with Crippen LogP contribution in [-0.4, -0.2) is 47.8 Å². The molecule has 0 spiro atoms. The minimum Gasteiger partial charge on any atom is -0.336 e. The van der Waals surface area contributed by atoms with Crippen LogP contribution in [0.1, 0.15) is 15.9 Å². The van der Waals surface area contributed by atoms with E-state index in [1.54, 1.807) is 28.0 Å². The van der Waals surface area contributed by atoms with Gasteiger partial charge in [0.05, 0.1) is 0 Å². The van der Waals surface area contributed by atoms with E-state index in [0.29, 0.717) is 31.7 Å². The molecular weight excluding hydrogens is 338 g/mol. The average Bonchev–Trinajstić information content (AvgIpc) is 2.67. The molecule has 0 aromatic heterocycles. The summed E-state index contributed by atoms with van der Waals surface area (Å²) in [5.74, 6) is -1.03. The van der Waals surface area contributed by atoms with Crippen molar-refractivity contribution in [2.45, 2.75) is 0 Å². The molecule has 3 rings (SSSR count). The number of amides is 2. The molecule has 0 bridgehead atoms. The van der Waals surface area contributed by atoms with Gasteiger partial charge in [-0.1, -0.05) is 12.1 Å². The van der Waals surface area contributed by atoms with Crippen LogP contribution >= 0.6 is 0 Å². The second kappa shape index (κ2) is 7.91. The molecule has 1 aliphatic heterocycles. The summed E-state index contributed by atoms with van der Waals surface area (Å²) in [6.45, 7) is 1.71. The average molecular weight is 356 g/mol. The first-order valence-electron chi connectivity index (χ1n) is 8.30. The van der Waals surface area contributed by atoms with Gasteiger partial charge in [-0.05, 0) is 48.0 Å². The first kappa shape index (κ1) is 17.8. The number of nitrogens with zero attached hydrogens (tertiary/aromatic N) is 2. The van der Waals surface area contributed by atoms with Crippen molar-refractivity contribution in [2.24, 2.45) is 0 Å². The molecule has 26 heavy (non-hydrogen) atoms. The van der Waals surface area contributed by atoms with Crippen molar-refractivity contribution in [3.05, 3.63) is 77.4 Å². The molecule has 4 nitrogen and oxygen atoms in total. The molecule has 1 saturated heterocycles. The molecule has 0 atom stereocenters. The normalized spacial score (nSPS) is 14.7. The van der Waals surface area contributed by atoms with Crippen molar-refractivity contribution in [3.63, 3.8) is 0 Å². The Bertz CT molecular complexity index is 809. The Labute approximate surface area is 150 Å². The molecule has 0 saturated carbocycles. The highest BCUT2D eigenvalue weighted by molar-refractivity contribution is 5.95. The number of halogens is 2. The van der Waals surface area contributed by atoms with E-state index in [2.05, 4.69) is 0 Å². The quantitative estimate of drug-likeness (QED) is 0.794. The molecule has 134 valence electrons. The smallest absolute Gasteiger partial charge is 0.253 e. The van der Waals surface area contributed by atoms with Gasteiger partial charge in [-0.3, -0.25) is 9.59 Å². The predicted molar refractivity (Wildman–Crippen MR) is 94.3 cm³/mol. The monoisotopic (exact) mass is 356 g/mol. The molecule has 1 aliphatic rings. The zero-order valence-corrected chi connectivity index (χ0v) is 14.1. The zero-order chi connectivity index (χ0) is 18.5. The topological polar surface area (TPSA) is 40.6 Å². The lowest BCUT2D eigenvalue weighted by molar-refractivity contribution is -0.127. The van der Waals surface area contributed by atoms with Gasteiger partial charge in [-0.25, -0.2) is 8.78 Å². The molecular formula is C20H18F2N2O2. The number of carbonyl (C=O) groups is 2. The number of benzene rings is 2. The van der Waals surface area contributed by atoms with Gasteiger partial charge in [0.2, 0.25) is 5.91 Å². The molecule has 2 aromatic carbocycles. The second-order valence-corrected chi connectivity index (χ2v) is 6.01. The Morgan fingerprint density at radius 2 is 1.27 bits per heavy atom. The van der Waals surface area contributed by atoms with Gasteiger partial charge in [0.1, 0.15) is 11.6 Å². The number of hydrogen-bond donors (Lipinski definition) is 0. The third-order valence-corrected chi connectivity index (χ3v) is 4.26. The van der Waals surface area contributed by atoms with Crippen LogP contribution in [0.5, 0.6) is 0 Å². The summed E-state index contributed by atoms with van der Waals surface area (Å²) in [7, 11) is 0. The van der Waals surface area contributed by atoms with Crippen LogP contribution < -0.4 is 0 Å². The van der Waals surface area contributed by atoms with E-state index in [9.17, 15) is 18.4 Å². The van der Waals surface area contributed by atoms with E-state index in [1.807, 2.05) is 0 Å². The fraction of sp³-hybridized carbons (Fsp3) is 0.200. The molecule has 0 radical (unpaired) electrons. The molecule has 6 heteroatoms. The Hall–Kier alpha value is -3.02. The molecule has 0 unspecified atom stereocenters. The van der Waals surface area contributed by atoms with Gasteiger partial charge in [0.25, 0.3) is 5.91 Å². The predicted octanol–water partition coefficient (Wildman–Crippen LogP) is 2.96. The van der Waals surface area contributed by atoms with Crippen molar-refractivity contribution < 1.29 is 18.4 Å². The Morgan fingerprint density at radius 1 is 0.769 bits per heavy atom. The second-order valence-electron chi connectivity index (χ2n) is 6.01. The highest BCUT2D eigenvalue weighted by Gasteiger charge is 2.23. The van der Waals surface area contributed by atoms with E-state index < -0.39 is 0 Å². The Kier molecular flexibility index (Phi) is 5.41. The van der Waals surface area contributed by atoms with Gasteiger partial charge in [0.15, 0.2) is 0 Å². The summed E-state index contributed by atoms with van der Waals surface area (Å²) in [6, 6.07) is 11.3. The SMILES string of the molecule is O=C(/C=C/c1ccc(F)cc1)N1CCN(C(=O)c2ccc(F)cc2)CC1. The van der Waals surface area contributed by atoms with Crippen molar-refractivity contribution in [3.8, 4) is 0 Å². The fourth-order valence-electron chi connectivity index (χ4n) is 2.75. The summed E-state index contributed by atoms with van der Waals surface area (Å²) in [6.07, 6.45) is 3.09. The van der Waals surface area contributed by atoms with Crippen LogP contribution in [0.25, 0.3) is 6.08 Å². The van der Waals surface area contributed by atoms with Crippen LogP contribution in [0, 0.1) is 11.6 Å². The maximum Gasteiger partial charge on any atom is 0.253 e. The lowest BCUT2D eigenvalue weighted by atomic mass is 10.1. The minimum absolute atomic E-state index is 0.150. The van der Waals surface area contributed by atoms with Crippen LogP contribution in [0.2, 0.25) is 0 Å². The van der Waals surface area contributed by atoms with Crippen LogP contribution in [0.15, 0.2) is 54.6 Å². The maximum atomic E-state index is 13.0. The van der Waals surface area contributed by atoms with E-state index in [1.165, 1.54) is 42.5 Å². The van der Waals surface area contributed by atoms with Crippen molar-refractivity contribution >= 4 is 17.9 Å². The lowest BCUT2D eigenvalue weighted by Crippen LogP contribution is -2.50. The third kappa shape index (κ3) is 4.33. The maximum absolute atomic E-state index is 13.0. The number of rotatable bonds is 3. The van der Waals surface area contributed by atoms with E-state index in [-0.39, 0.29) is 23.4 Å². The van der Waals surface area contributed by atoms with Crippen LogP contribution in [0.4, 0.5) is 8.78 Å². The van der Waals surface area contributed by atoms with E-state index in [4.69, 9.17) is 0 Å². The molecule has 1 fully saturated rings. The molecule has 0 aliphatic carbocycles. The van der Waals surface area contributed by atoms with Gasteiger partial charge in [-0.15, -0.1) is 0 Å². The standard InChI is InChI=1S/C20H18F2N2O2/c21-17-6-1-15(2-7-17)3-10-19(25)23-11-13-24(14-12-23)20(26)16-4-8-18(22)9-5-16/h1-10H,11-14H2/b10-3+. The highest BCUT2D eigenvalue weighted by Crippen LogP contribution is 2.11. The van der Waals surface area contributed by atoms with Crippen molar-refractivity contribution in [1.82, 2.24) is 9.80 Å². The molecule has 2 aromatic rings. The number of carbonyl (C=O) groups excluding carboxylic acids is 2. The molecule has 1 heterocycles. The van der Waals surface area contributed by atoms with Crippen LogP contribution in [-0.2, 0) is 4.79 Å². The first-order valence-corrected chi connectivity index (χ1v) is 8.30. The molecule has 2 amide bonds. The minimum atomic E-state index is -0.384. The largest absolute Gasteiger partial charge is 0.336 e. The number of hydrogen-bond acceptors (Lipinski definition) is 2. The number of piperazine rings is 1. The van der Waals surface area contributed by atoms with Crippen molar-refractivity contribution in [2.75, 3.05) is 26.2 Å². The van der Waals surface area contributed by atoms with Gasteiger partial charge >= 0.3 is 0 Å².